The molecule has 8 rings (SSSR count). The minimum absolute atomic E-state index is 0. The van der Waals surface area contributed by atoms with Crippen LogP contribution in [-0.4, -0.2) is 13.3 Å². The van der Waals surface area contributed by atoms with Crippen molar-refractivity contribution in [3.8, 4) is 22.3 Å². The largest absolute Gasteiger partial charge is 1.00 e. The number of halogens is 2. The van der Waals surface area contributed by atoms with Gasteiger partial charge < -0.3 is 24.8 Å². The Labute approximate surface area is 242 Å². The van der Waals surface area contributed by atoms with Gasteiger partial charge in [-0.15, -0.1) is 0 Å². The zero-order chi connectivity index (χ0) is 24.1. The molecule has 0 spiro atoms. The predicted molar refractivity (Wildman–Crippen MR) is 148 cm³/mol. The molecule has 0 saturated heterocycles. The number of rotatable bonds is 2. The van der Waals surface area contributed by atoms with Gasteiger partial charge in [-0.25, -0.2) is 0 Å². The van der Waals surface area contributed by atoms with Gasteiger partial charge in [-0.05, 0) is 0 Å². The molecule has 2 aromatic heterocycles. The van der Waals surface area contributed by atoms with Gasteiger partial charge in [-0.3, -0.25) is 0 Å². The molecule has 2 unspecified atom stereocenters. The second-order valence-corrected chi connectivity index (χ2v) is 16.0. The molecule has 38 heavy (non-hydrogen) atoms. The van der Waals surface area contributed by atoms with Crippen LogP contribution in [-0.2, 0) is 35.4 Å². The second-order valence-electron chi connectivity index (χ2n) is 10.3. The fourth-order valence-electron chi connectivity index (χ4n) is 7.23. The molecule has 186 valence electrons. The van der Waals surface area contributed by atoms with Gasteiger partial charge in [0.2, 0.25) is 0 Å². The molecule has 2 atom stereocenters. The van der Waals surface area contributed by atoms with Crippen molar-refractivity contribution < 1.29 is 46.1 Å². The van der Waals surface area contributed by atoms with E-state index in [0.717, 1.165) is 0 Å². The maximum Gasteiger partial charge on any atom is -1.00 e. The third-order valence-electron chi connectivity index (χ3n) is 8.68. The molecule has 5 heteroatoms. The molecule has 0 bridgehead atoms. The fourth-order valence-corrected chi connectivity index (χ4v) is 14.6. The van der Waals surface area contributed by atoms with Gasteiger partial charge in [-0.2, -0.15) is 0 Å². The number of aromatic nitrogens is 2. The van der Waals surface area contributed by atoms with E-state index >= 15 is 0 Å². The third-order valence-corrected chi connectivity index (χ3v) is 15.2. The minimum Gasteiger partial charge on any atom is -1.00 e. The smallest absolute Gasteiger partial charge is 1.00 e. The van der Waals surface area contributed by atoms with Crippen molar-refractivity contribution in [3.63, 3.8) is 0 Å². The molecular formula is C33H26Cl2N2Zr. The average molecular weight is 613 g/mol. The summed E-state index contributed by atoms with van der Waals surface area (Å²) in [5, 5.41) is 2.75. The Kier molecular flexibility index (Phi) is 6.19. The van der Waals surface area contributed by atoms with Crippen LogP contribution in [0.2, 0.25) is 0 Å². The number of fused-ring (bicyclic) bond motifs is 10. The summed E-state index contributed by atoms with van der Waals surface area (Å²) in [4.78, 5) is 0. The molecule has 0 amide bonds. The summed E-state index contributed by atoms with van der Waals surface area (Å²) in [5.41, 5.74) is 14.4. The molecule has 0 N–H and O–H groups in total. The predicted octanol–water partition coefficient (Wildman–Crippen LogP) is 1.57. The van der Waals surface area contributed by atoms with Crippen molar-refractivity contribution in [2.24, 2.45) is 14.1 Å². The van der Waals surface area contributed by atoms with Crippen molar-refractivity contribution in [1.82, 2.24) is 9.13 Å². The van der Waals surface area contributed by atoms with Gasteiger partial charge in [0.1, 0.15) is 0 Å². The van der Waals surface area contributed by atoms with E-state index in [2.05, 4.69) is 120 Å². The van der Waals surface area contributed by atoms with Gasteiger partial charge in [0, 0.05) is 0 Å². The maximum atomic E-state index is 5.19. The number of hydrogen-bond donors (Lipinski definition) is 0. The molecule has 2 nitrogen and oxygen atoms in total. The van der Waals surface area contributed by atoms with Gasteiger partial charge in [0.25, 0.3) is 0 Å². The van der Waals surface area contributed by atoms with Crippen LogP contribution < -0.4 is 24.8 Å². The SMILES string of the molecule is [CH2]=[Zr+2]([CH]1c2ccccc2-c2c1n(C)c1ccccc21)[CH]1c2ccccc2-c2c1n(C)c1ccccc21.[Cl-].[Cl-]. The molecular weight excluding hydrogens is 587 g/mol. The number of benzene rings is 4. The summed E-state index contributed by atoms with van der Waals surface area (Å²) in [5.74, 6) is 0. The maximum absolute atomic E-state index is 5.19. The summed E-state index contributed by atoms with van der Waals surface area (Å²) >= 11 is -2.49. The molecule has 0 radical (unpaired) electrons. The first-order chi connectivity index (χ1) is 17.7. The Bertz CT molecular complexity index is 1770. The molecule has 4 aromatic carbocycles. The first-order valence-electron chi connectivity index (χ1n) is 12.7. The van der Waals surface area contributed by atoms with E-state index < -0.39 is 21.3 Å². The van der Waals surface area contributed by atoms with Crippen molar-refractivity contribution in [2.75, 3.05) is 0 Å². The van der Waals surface area contributed by atoms with Crippen molar-refractivity contribution in [1.29, 1.82) is 0 Å². The van der Waals surface area contributed by atoms with Crippen LogP contribution in [0.4, 0.5) is 0 Å². The second kappa shape index (κ2) is 9.20. The van der Waals surface area contributed by atoms with E-state index in [-0.39, 0.29) is 24.8 Å². The van der Waals surface area contributed by atoms with Crippen LogP contribution in [0.3, 0.4) is 0 Å². The van der Waals surface area contributed by atoms with E-state index in [1.807, 2.05) is 0 Å². The molecule has 2 aliphatic rings. The van der Waals surface area contributed by atoms with Crippen LogP contribution >= 0.6 is 0 Å². The normalized spacial score (nSPS) is 16.1. The van der Waals surface area contributed by atoms with E-state index in [9.17, 15) is 0 Å². The first-order valence-corrected chi connectivity index (χ1v) is 17.3. The first kappa shape index (κ1) is 25.6. The van der Waals surface area contributed by atoms with Crippen LogP contribution in [0, 0.1) is 0 Å². The topological polar surface area (TPSA) is 9.86 Å². The zero-order valence-corrected chi connectivity index (χ0v) is 25.2. The third kappa shape index (κ3) is 3.13. The molecule has 2 aliphatic carbocycles. The molecule has 0 saturated carbocycles. The summed E-state index contributed by atoms with van der Waals surface area (Å²) in [6, 6.07) is 36.1. The summed E-state index contributed by atoms with van der Waals surface area (Å²) in [7, 11) is 4.53. The number of para-hydroxylation sites is 2. The van der Waals surface area contributed by atoms with Crippen molar-refractivity contribution in [2.45, 2.75) is 7.25 Å². The zero-order valence-electron chi connectivity index (χ0n) is 21.2. The van der Waals surface area contributed by atoms with Crippen LogP contribution in [0.1, 0.15) is 29.8 Å². The number of aryl methyl sites for hydroxylation is 2. The molecule has 6 aromatic rings. The van der Waals surface area contributed by atoms with Crippen LogP contribution in [0.5, 0.6) is 0 Å². The Hall–Kier alpha value is -2.71. The van der Waals surface area contributed by atoms with E-state index in [4.69, 9.17) is 4.21 Å². The Morgan fingerprint density at radius 2 is 0.921 bits per heavy atom. The van der Waals surface area contributed by atoms with Crippen molar-refractivity contribution in [3.05, 3.63) is 120 Å². The number of nitrogens with zero attached hydrogens (tertiary/aromatic N) is 2. The van der Waals surface area contributed by atoms with E-state index in [0.29, 0.717) is 7.25 Å². The minimum atomic E-state index is -2.49. The number of hydrogen-bond acceptors (Lipinski definition) is 0. The standard InChI is InChI=1S/2C16H12N.CH2.2ClH.Zr/c2*1-17-14-9-5-4-8-13(14)16-12-7-3-2-6-11(12)10-15(16)17;;;;/h2*2-10H,1H3;1H2;2*1H;/q;;;;;+2/p-2. The molecule has 0 aliphatic heterocycles. The molecule has 0 fully saturated rings. The van der Waals surface area contributed by atoms with Gasteiger partial charge >= 0.3 is 220 Å². The van der Waals surface area contributed by atoms with Gasteiger partial charge in [0.15, 0.2) is 0 Å². The average Bonchev–Trinajstić information content (AvgIpc) is 3.61. The quantitative estimate of drug-likeness (QED) is 0.281. The van der Waals surface area contributed by atoms with Crippen LogP contribution in [0.25, 0.3) is 44.1 Å². The van der Waals surface area contributed by atoms with E-state index in [1.54, 1.807) is 0 Å². The van der Waals surface area contributed by atoms with E-state index in [1.165, 1.54) is 66.6 Å². The monoisotopic (exact) mass is 610 g/mol. The van der Waals surface area contributed by atoms with Crippen LogP contribution in [0.15, 0.2) is 97.1 Å². The molecule has 2 heterocycles. The Morgan fingerprint density at radius 3 is 1.37 bits per heavy atom. The van der Waals surface area contributed by atoms with Gasteiger partial charge in [-0.1, -0.05) is 0 Å². The summed E-state index contributed by atoms with van der Waals surface area (Å²) < 4.78 is 11.0. The summed E-state index contributed by atoms with van der Waals surface area (Å²) in [6.45, 7) is 0. The Morgan fingerprint density at radius 1 is 0.553 bits per heavy atom. The van der Waals surface area contributed by atoms with Crippen molar-refractivity contribution >= 4 is 26.0 Å². The summed E-state index contributed by atoms with van der Waals surface area (Å²) in [6.07, 6.45) is 0. The fraction of sp³-hybridized carbons (Fsp3) is 0.121. The Balaban J connectivity index is 0.00000132. The van der Waals surface area contributed by atoms with Gasteiger partial charge in [0.05, 0.1) is 0 Å².